The van der Waals surface area contributed by atoms with Crippen LogP contribution in [0.3, 0.4) is 0 Å². The summed E-state index contributed by atoms with van der Waals surface area (Å²) >= 11 is 4.07. The minimum Gasteiger partial charge on any atom is -0.158 e. The standard InChI is InChI=1S/C13H20S2/c1-3-4-10-14-12(2)11-15-13-8-6-5-7-9-13/h5-9,12H,3-4,10-11H2,1-2H3. The van der Waals surface area contributed by atoms with Gasteiger partial charge >= 0.3 is 0 Å². The molecule has 1 unspecified atom stereocenters. The highest BCUT2D eigenvalue weighted by Gasteiger charge is 2.02. The van der Waals surface area contributed by atoms with Crippen LogP contribution in [0.15, 0.2) is 35.2 Å². The molecule has 0 aliphatic heterocycles. The summed E-state index contributed by atoms with van der Waals surface area (Å²) in [5, 5.41) is 0.766. The third kappa shape index (κ3) is 6.16. The van der Waals surface area contributed by atoms with Crippen LogP contribution in [0.4, 0.5) is 0 Å². The van der Waals surface area contributed by atoms with Gasteiger partial charge in [0.15, 0.2) is 0 Å². The van der Waals surface area contributed by atoms with E-state index in [2.05, 4.69) is 55.9 Å². The third-order valence-corrected chi connectivity index (χ3v) is 4.87. The first-order valence-corrected chi connectivity index (χ1v) is 7.65. The van der Waals surface area contributed by atoms with Gasteiger partial charge in [-0.2, -0.15) is 11.8 Å². The molecule has 1 rings (SSSR count). The predicted octanol–water partition coefficient (Wildman–Crippen LogP) is 4.70. The van der Waals surface area contributed by atoms with Gasteiger partial charge in [-0.3, -0.25) is 0 Å². The SMILES string of the molecule is CCCCSC(C)CSc1ccccc1. The van der Waals surface area contributed by atoms with E-state index in [1.165, 1.54) is 29.2 Å². The lowest BCUT2D eigenvalue weighted by Crippen LogP contribution is -2.00. The fraction of sp³-hybridized carbons (Fsp3) is 0.538. The van der Waals surface area contributed by atoms with Gasteiger partial charge in [0.1, 0.15) is 0 Å². The van der Waals surface area contributed by atoms with Gasteiger partial charge in [0.2, 0.25) is 0 Å². The summed E-state index contributed by atoms with van der Waals surface area (Å²) in [5.41, 5.74) is 0. The van der Waals surface area contributed by atoms with Crippen molar-refractivity contribution in [3.05, 3.63) is 30.3 Å². The summed E-state index contributed by atoms with van der Waals surface area (Å²) < 4.78 is 0. The second-order valence-corrected chi connectivity index (χ2v) is 6.30. The molecule has 0 nitrogen and oxygen atoms in total. The molecule has 15 heavy (non-hydrogen) atoms. The molecule has 1 aromatic rings. The average Bonchev–Trinajstić information content (AvgIpc) is 2.28. The maximum absolute atomic E-state index is 2.33. The zero-order valence-corrected chi connectivity index (χ0v) is 11.2. The fourth-order valence-electron chi connectivity index (χ4n) is 1.21. The Labute approximate surface area is 102 Å². The monoisotopic (exact) mass is 240 g/mol. The third-order valence-electron chi connectivity index (χ3n) is 2.13. The number of benzene rings is 1. The molecule has 0 amide bonds. The highest BCUT2D eigenvalue weighted by Crippen LogP contribution is 2.23. The maximum atomic E-state index is 2.33. The number of hydrogen-bond donors (Lipinski definition) is 0. The minimum atomic E-state index is 0.766. The Morgan fingerprint density at radius 1 is 1.20 bits per heavy atom. The summed E-state index contributed by atoms with van der Waals surface area (Å²) in [4.78, 5) is 1.39. The van der Waals surface area contributed by atoms with Crippen molar-refractivity contribution in [3.8, 4) is 0 Å². The van der Waals surface area contributed by atoms with E-state index in [0.29, 0.717) is 0 Å². The Balaban J connectivity index is 2.14. The summed E-state index contributed by atoms with van der Waals surface area (Å²) in [6.07, 6.45) is 2.66. The maximum Gasteiger partial charge on any atom is 0.0113 e. The molecule has 0 saturated heterocycles. The molecule has 84 valence electrons. The normalized spacial score (nSPS) is 12.7. The highest BCUT2D eigenvalue weighted by molar-refractivity contribution is 8.03. The van der Waals surface area contributed by atoms with Crippen LogP contribution in [0.1, 0.15) is 26.7 Å². The van der Waals surface area contributed by atoms with Crippen LogP contribution < -0.4 is 0 Å². The first-order valence-electron chi connectivity index (χ1n) is 5.62. The first-order chi connectivity index (χ1) is 7.33. The molecule has 0 aromatic heterocycles. The minimum absolute atomic E-state index is 0.766. The molecule has 0 spiro atoms. The molecule has 0 aliphatic rings. The van der Waals surface area contributed by atoms with E-state index in [0.717, 1.165) is 5.25 Å². The highest BCUT2D eigenvalue weighted by atomic mass is 32.2. The van der Waals surface area contributed by atoms with Crippen molar-refractivity contribution in [2.75, 3.05) is 11.5 Å². The molecule has 1 atom stereocenters. The Morgan fingerprint density at radius 2 is 1.93 bits per heavy atom. The Hall–Kier alpha value is -0.0800. The van der Waals surface area contributed by atoms with Gasteiger partial charge in [-0.15, -0.1) is 11.8 Å². The van der Waals surface area contributed by atoms with E-state index in [9.17, 15) is 0 Å². The second kappa shape index (κ2) is 8.12. The summed E-state index contributed by atoms with van der Waals surface area (Å²) in [7, 11) is 0. The van der Waals surface area contributed by atoms with Crippen molar-refractivity contribution in [3.63, 3.8) is 0 Å². The quantitative estimate of drug-likeness (QED) is 0.500. The molecule has 0 saturated carbocycles. The van der Waals surface area contributed by atoms with Crippen LogP contribution in [0.2, 0.25) is 0 Å². The summed E-state index contributed by atoms with van der Waals surface area (Å²) in [5.74, 6) is 2.53. The van der Waals surface area contributed by atoms with E-state index in [1.54, 1.807) is 0 Å². The van der Waals surface area contributed by atoms with Crippen LogP contribution >= 0.6 is 23.5 Å². The number of thioether (sulfide) groups is 2. The van der Waals surface area contributed by atoms with Crippen LogP contribution in [0, 0.1) is 0 Å². The fourth-order valence-corrected chi connectivity index (χ4v) is 3.43. The molecule has 0 aliphatic carbocycles. The van der Waals surface area contributed by atoms with Gasteiger partial charge in [-0.1, -0.05) is 38.5 Å². The second-order valence-electron chi connectivity index (χ2n) is 3.66. The average molecular weight is 240 g/mol. The molecule has 0 radical (unpaired) electrons. The van der Waals surface area contributed by atoms with Crippen molar-refractivity contribution >= 4 is 23.5 Å². The Kier molecular flexibility index (Phi) is 7.03. The van der Waals surface area contributed by atoms with E-state index < -0.39 is 0 Å². The van der Waals surface area contributed by atoms with Crippen LogP contribution in [0.25, 0.3) is 0 Å². The van der Waals surface area contributed by atoms with E-state index in [1.807, 2.05) is 11.8 Å². The van der Waals surface area contributed by atoms with Crippen LogP contribution in [0.5, 0.6) is 0 Å². The lowest BCUT2D eigenvalue weighted by atomic mass is 10.4. The van der Waals surface area contributed by atoms with Gasteiger partial charge < -0.3 is 0 Å². The molecular weight excluding hydrogens is 220 g/mol. The number of unbranched alkanes of at least 4 members (excludes halogenated alkanes) is 1. The largest absolute Gasteiger partial charge is 0.158 e. The Bertz CT molecular complexity index is 246. The molecule has 2 heteroatoms. The molecular formula is C13H20S2. The van der Waals surface area contributed by atoms with Crippen LogP contribution in [-0.4, -0.2) is 16.8 Å². The topological polar surface area (TPSA) is 0 Å². The smallest absolute Gasteiger partial charge is 0.0113 e. The zero-order valence-electron chi connectivity index (χ0n) is 9.61. The van der Waals surface area contributed by atoms with Crippen molar-refractivity contribution in [2.24, 2.45) is 0 Å². The van der Waals surface area contributed by atoms with Crippen molar-refractivity contribution in [2.45, 2.75) is 36.8 Å². The van der Waals surface area contributed by atoms with Crippen molar-refractivity contribution in [1.29, 1.82) is 0 Å². The lowest BCUT2D eigenvalue weighted by molar-refractivity contribution is 0.893. The summed E-state index contributed by atoms with van der Waals surface area (Å²) in [6.45, 7) is 4.58. The zero-order chi connectivity index (χ0) is 10.9. The van der Waals surface area contributed by atoms with E-state index in [-0.39, 0.29) is 0 Å². The van der Waals surface area contributed by atoms with Gasteiger partial charge in [0.25, 0.3) is 0 Å². The molecule has 0 heterocycles. The van der Waals surface area contributed by atoms with Gasteiger partial charge in [-0.25, -0.2) is 0 Å². The van der Waals surface area contributed by atoms with E-state index in [4.69, 9.17) is 0 Å². The predicted molar refractivity (Wildman–Crippen MR) is 74.0 cm³/mol. The molecule has 1 aromatic carbocycles. The summed E-state index contributed by atoms with van der Waals surface area (Å²) in [6, 6.07) is 10.7. The van der Waals surface area contributed by atoms with Gasteiger partial charge in [0, 0.05) is 15.9 Å². The molecule has 0 bridgehead atoms. The Morgan fingerprint density at radius 3 is 2.60 bits per heavy atom. The lowest BCUT2D eigenvalue weighted by Gasteiger charge is -2.10. The molecule has 0 N–H and O–H groups in total. The van der Waals surface area contributed by atoms with Crippen molar-refractivity contribution in [1.82, 2.24) is 0 Å². The molecule has 0 fully saturated rings. The van der Waals surface area contributed by atoms with Gasteiger partial charge in [-0.05, 0) is 24.3 Å². The first kappa shape index (κ1) is 13.0. The number of hydrogen-bond acceptors (Lipinski definition) is 2. The van der Waals surface area contributed by atoms with E-state index >= 15 is 0 Å². The van der Waals surface area contributed by atoms with Crippen LogP contribution in [-0.2, 0) is 0 Å². The van der Waals surface area contributed by atoms with Gasteiger partial charge in [0.05, 0.1) is 0 Å². The van der Waals surface area contributed by atoms with Crippen molar-refractivity contribution < 1.29 is 0 Å². The number of rotatable bonds is 7.